The molecule has 0 amide bonds. The van der Waals surface area contributed by atoms with Gasteiger partial charge in [-0.25, -0.2) is 9.67 Å². The fourth-order valence-electron chi connectivity index (χ4n) is 2.98. The third kappa shape index (κ3) is 2.70. The summed E-state index contributed by atoms with van der Waals surface area (Å²) >= 11 is 1.73. The molecule has 0 aliphatic rings. The van der Waals surface area contributed by atoms with Crippen LogP contribution < -0.4 is 0 Å². The highest BCUT2D eigenvalue weighted by Gasteiger charge is 2.11. The zero-order valence-corrected chi connectivity index (χ0v) is 14.6. The summed E-state index contributed by atoms with van der Waals surface area (Å²) < 4.78 is 1.93. The number of thiophene rings is 1. The maximum atomic E-state index is 4.76. The van der Waals surface area contributed by atoms with Crippen molar-refractivity contribution in [3.05, 3.63) is 77.2 Å². The molecule has 0 spiro atoms. The fraction of sp³-hybridized carbons (Fsp3) is 0.0500. The Bertz CT molecular complexity index is 1140. The molecule has 0 saturated heterocycles. The number of hydrogen-bond acceptors (Lipinski definition) is 4. The molecule has 0 fully saturated rings. The maximum absolute atomic E-state index is 4.76. The molecular formula is C20H15N5S. The Labute approximate surface area is 154 Å². The van der Waals surface area contributed by atoms with Gasteiger partial charge in [0.2, 0.25) is 0 Å². The number of aromatic amines is 1. The molecule has 5 aromatic rings. The molecule has 1 aromatic carbocycles. The van der Waals surface area contributed by atoms with Crippen LogP contribution in [0, 0.1) is 0 Å². The summed E-state index contributed by atoms with van der Waals surface area (Å²) in [7, 11) is 0. The summed E-state index contributed by atoms with van der Waals surface area (Å²) in [6.45, 7) is 0.740. The normalized spacial score (nSPS) is 11.2. The predicted molar refractivity (Wildman–Crippen MR) is 104 cm³/mol. The monoisotopic (exact) mass is 357 g/mol. The topological polar surface area (TPSA) is 59.4 Å². The smallest absolute Gasteiger partial charge is 0.177 e. The molecule has 126 valence electrons. The lowest BCUT2D eigenvalue weighted by atomic mass is 10.1. The number of rotatable bonds is 4. The van der Waals surface area contributed by atoms with Crippen molar-refractivity contribution < 1.29 is 0 Å². The van der Waals surface area contributed by atoms with Gasteiger partial charge in [0.25, 0.3) is 0 Å². The van der Waals surface area contributed by atoms with Gasteiger partial charge in [-0.05, 0) is 23.6 Å². The molecule has 0 aliphatic carbocycles. The number of benzene rings is 1. The van der Waals surface area contributed by atoms with E-state index in [4.69, 9.17) is 4.98 Å². The number of pyridine rings is 1. The van der Waals surface area contributed by atoms with Gasteiger partial charge in [0.05, 0.1) is 18.4 Å². The SMILES string of the molecule is c1ccc(-c2ccc(-c3nc4c(cnn4Cc4cccs4)[nH]3)cc2)nc1. The highest BCUT2D eigenvalue weighted by atomic mass is 32.1. The van der Waals surface area contributed by atoms with Gasteiger partial charge in [0.1, 0.15) is 11.3 Å². The van der Waals surface area contributed by atoms with Gasteiger partial charge < -0.3 is 4.98 Å². The molecule has 1 N–H and O–H groups in total. The van der Waals surface area contributed by atoms with Crippen LogP contribution >= 0.6 is 11.3 Å². The van der Waals surface area contributed by atoms with Gasteiger partial charge in [-0.15, -0.1) is 11.3 Å². The third-order valence-electron chi connectivity index (χ3n) is 4.29. The molecule has 5 nitrogen and oxygen atoms in total. The van der Waals surface area contributed by atoms with E-state index in [1.54, 1.807) is 11.3 Å². The van der Waals surface area contributed by atoms with Crippen molar-refractivity contribution in [2.24, 2.45) is 0 Å². The second-order valence-corrected chi connectivity index (χ2v) is 7.03. The lowest BCUT2D eigenvalue weighted by molar-refractivity contribution is 0.713. The largest absolute Gasteiger partial charge is 0.335 e. The van der Waals surface area contributed by atoms with Crippen LogP contribution in [0.1, 0.15) is 4.88 Å². The quantitative estimate of drug-likeness (QED) is 0.511. The molecule has 0 saturated carbocycles. The van der Waals surface area contributed by atoms with Crippen LogP contribution in [-0.2, 0) is 6.54 Å². The van der Waals surface area contributed by atoms with Crippen LogP contribution in [0.4, 0.5) is 0 Å². The minimum Gasteiger partial charge on any atom is -0.335 e. The number of fused-ring (bicyclic) bond motifs is 1. The van der Waals surface area contributed by atoms with Crippen LogP contribution in [0.15, 0.2) is 72.4 Å². The average Bonchev–Trinajstić information content (AvgIpc) is 3.42. The minimum absolute atomic E-state index is 0.740. The van der Waals surface area contributed by atoms with Gasteiger partial charge in [-0.2, -0.15) is 5.10 Å². The van der Waals surface area contributed by atoms with Crippen molar-refractivity contribution in [2.45, 2.75) is 6.54 Å². The second-order valence-electron chi connectivity index (χ2n) is 6.00. The van der Waals surface area contributed by atoms with Crippen LogP contribution in [-0.4, -0.2) is 24.7 Å². The molecule has 26 heavy (non-hydrogen) atoms. The molecule has 6 heteroatoms. The summed E-state index contributed by atoms with van der Waals surface area (Å²) in [5.41, 5.74) is 4.93. The molecule has 0 radical (unpaired) electrons. The Balaban J connectivity index is 1.46. The molecule has 5 rings (SSSR count). The number of nitrogens with one attached hydrogen (secondary N) is 1. The predicted octanol–water partition coefficient (Wildman–Crippen LogP) is 4.60. The first-order chi connectivity index (χ1) is 12.9. The lowest BCUT2D eigenvalue weighted by Gasteiger charge is -2.02. The Kier molecular flexibility index (Phi) is 3.61. The van der Waals surface area contributed by atoms with E-state index in [9.17, 15) is 0 Å². The van der Waals surface area contributed by atoms with Gasteiger partial charge in [0.15, 0.2) is 5.65 Å². The van der Waals surface area contributed by atoms with E-state index in [0.29, 0.717) is 0 Å². The van der Waals surface area contributed by atoms with Crippen molar-refractivity contribution >= 4 is 22.5 Å². The van der Waals surface area contributed by atoms with E-state index >= 15 is 0 Å². The van der Waals surface area contributed by atoms with Crippen molar-refractivity contribution in [3.8, 4) is 22.6 Å². The van der Waals surface area contributed by atoms with E-state index in [1.807, 2.05) is 35.3 Å². The number of hydrogen-bond donors (Lipinski definition) is 1. The maximum Gasteiger partial charge on any atom is 0.177 e. The molecule has 0 unspecified atom stereocenters. The Morgan fingerprint density at radius 1 is 0.962 bits per heavy atom. The molecule has 0 atom stereocenters. The molecule has 0 aliphatic heterocycles. The van der Waals surface area contributed by atoms with Crippen LogP contribution in [0.5, 0.6) is 0 Å². The second kappa shape index (κ2) is 6.24. The van der Waals surface area contributed by atoms with Crippen molar-refractivity contribution in [1.29, 1.82) is 0 Å². The molecular weight excluding hydrogens is 342 g/mol. The van der Waals surface area contributed by atoms with Gasteiger partial charge in [-0.3, -0.25) is 4.98 Å². The van der Waals surface area contributed by atoms with Crippen molar-refractivity contribution in [1.82, 2.24) is 24.7 Å². The molecule has 4 aromatic heterocycles. The van der Waals surface area contributed by atoms with Gasteiger partial charge >= 0.3 is 0 Å². The van der Waals surface area contributed by atoms with E-state index < -0.39 is 0 Å². The summed E-state index contributed by atoms with van der Waals surface area (Å²) in [5, 5.41) is 6.52. The highest BCUT2D eigenvalue weighted by molar-refractivity contribution is 7.09. The van der Waals surface area contributed by atoms with Gasteiger partial charge in [-0.1, -0.05) is 36.4 Å². The van der Waals surface area contributed by atoms with E-state index in [2.05, 4.69) is 56.8 Å². The fourth-order valence-corrected chi connectivity index (χ4v) is 3.67. The standard InChI is InChI=1S/C20H15N5S/c1-2-10-21-17(5-1)14-6-8-15(9-7-14)19-23-18-12-22-25(20(18)24-19)13-16-4-3-11-26-16/h1-12H,13H2,(H,23,24). The zero-order chi connectivity index (χ0) is 17.3. The zero-order valence-electron chi connectivity index (χ0n) is 13.8. The number of H-pyrrole nitrogens is 1. The van der Waals surface area contributed by atoms with E-state index in [0.717, 1.165) is 40.4 Å². The van der Waals surface area contributed by atoms with Crippen LogP contribution in [0.3, 0.4) is 0 Å². The summed E-state index contributed by atoms with van der Waals surface area (Å²) in [5.74, 6) is 0.852. The highest BCUT2D eigenvalue weighted by Crippen LogP contribution is 2.24. The summed E-state index contributed by atoms with van der Waals surface area (Å²) in [6.07, 6.45) is 3.64. The Hall–Kier alpha value is -3.25. The van der Waals surface area contributed by atoms with E-state index in [1.165, 1.54) is 4.88 Å². The summed E-state index contributed by atoms with van der Waals surface area (Å²) in [4.78, 5) is 13.8. The first-order valence-electron chi connectivity index (χ1n) is 8.32. The van der Waals surface area contributed by atoms with Crippen LogP contribution in [0.2, 0.25) is 0 Å². The molecule has 0 bridgehead atoms. The third-order valence-corrected chi connectivity index (χ3v) is 5.15. The number of nitrogens with zero attached hydrogens (tertiary/aromatic N) is 4. The first-order valence-corrected chi connectivity index (χ1v) is 9.20. The van der Waals surface area contributed by atoms with Gasteiger partial charge in [0, 0.05) is 22.2 Å². The first kappa shape index (κ1) is 15.0. The van der Waals surface area contributed by atoms with E-state index in [-0.39, 0.29) is 0 Å². The average molecular weight is 357 g/mol. The number of aromatic nitrogens is 5. The minimum atomic E-state index is 0.740. The van der Waals surface area contributed by atoms with Crippen LogP contribution in [0.25, 0.3) is 33.8 Å². The lowest BCUT2D eigenvalue weighted by Crippen LogP contribution is -2.00. The van der Waals surface area contributed by atoms with Crippen molar-refractivity contribution in [3.63, 3.8) is 0 Å². The van der Waals surface area contributed by atoms with Crippen molar-refractivity contribution in [2.75, 3.05) is 0 Å². The summed E-state index contributed by atoms with van der Waals surface area (Å²) in [6, 6.07) is 18.4. The molecule has 4 heterocycles. The number of imidazole rings is 1. The Morgan fingerprint density at radius 2 is 1.85 bits per heavy atom. The Morgan fingerprint density at radius 3 is 2.62 bits per heavy atom.